The second kappa shape index (κ2) is 3.59. The molecule has 0 aliphatic heterocycles. The van der Waals surface area contributed by atoms with Gasteiger partial charge in [0.1, 0.15) is 0 Å². The standard InChI is InChI=1S/C7H10N2OS/c1-5(2)3-6(10)7-4-8-9-11-7/h4,6,10H,1,3H2,2H3. The Bertz CT molecular complexity index is 233. The summed E-state index contributed by atoms with van der Waals surface area (Å²) in [7, 11) is 0. The summed E-state index contributed by atoms with van der Waals surface area (Å²) in [5.41, 5.74) is 0.964. The van der Waals surface area contributed by atoms with Crippen LogP contribution in [0.5, 0.6) is 0 Å². The first-order valence-electron chi connectivity index (χ1n) is 3.30. The molecule has 0 spiro atoms. The molecule has 1 N–H and O–H groups in total. The summed E-state index contributed by atoms with van der Waals surface area (Å²) in [4.78, 5) is 0.799. The van der Waals surface area contributed by atoms with Crippen LogP contribution >= 0.6 is 11.5 Å². The number of aliphatic hydroxyl groups is 1. The number of hydrogen-bond acceptors (Lipinski definition) is 4. The van der Waals surface area contributed by atoms with Crippen molar-refractivity contribution >= 4 is 11.5 Å². The lowest BCUT2D eigenvalue weighted by atomic mass is 10.1. The van der Waals surface area contributed by atoms with Gasteiger partial charge in [-0.15, -0.1) is 11.7 Å². The molecular weight excluding hydrogens is 160 g/mol. The van der Waals surface area contributed by atoms with Crippen molar-refractivity contribution in [3.63, 3.8) is 0 Å². The second-order valence-electron chi connectivity index (χ2n) is 2.50. The summed E-state index contributed by atoms with van der Waals surface area (Å²) in [6.45, 7) is 5.60. The van der Waals surface area contributed by atoms with Crippen LogP contribution in [0.15, 0.2) is 18.3 Å². The zero-order valence-corrected chi connectivity index (χ0v) is 7.14. The normalized spacial score (nSPS) is 12.9. The molecule has 1 atom stereocenters. The summed E-state index contributed by atoms with van der Waals surface area (Å²) in [5.74, 6) is 0. The molecule has 0 fully saturated rings. The maximum atomic E-state index is 9.45. The number of aromatic nitrogens is 2. The molecule has 1 heterocycles. The smallest absolute Gasteiger partial charge is 0.0950 e. The zero-order chi connectivity index (χ0) is 8.27. The highest BCUT2D eigenvalue weighted by Gasteiger charge is 2.09. The Kier molecular flexibility index (Phi) is 2.73. The lowest BCUT2D eigenvalue weighted by Gasteiger charge is -2.04. The molecule has 0 aliphatic rings. The van der Waals surface area contributed by atoms with Crippen LogP contribution in [-0.2, 0) is 0 Å². The summed E-state index contributed by atoms with van der Waals surface area (Å²) in [6, 6.07) is 0. The molecule has 1 rings (SSSR count). The average molecular weight is 170 g/mol. The maximum Gasteiger partial charge on any atom is 0.0950 e. The molecule has 0 radical (unpaired) electrons. The van der Waals surface area contributed by atoms with E-state index < -0.39 is 6.10 Å². The van der Waals surface area contributed by atoms with E-state index in [1.54, 1.807) is 6.20 Å². The lowest BCUT2D eigenvalue weighted by Crippen LogP contribution is -1.94. The number of hydrogen-bond donors (Lipinski definition) is 1. The van der Waals surface area contributed by atoms with Crippen LogP contribution in [0.1, 0.15) is 24.3 Å². The Morgan fingerprint density at radius 2 is 2.64 bits per heavy atom. The molecule has 0 saturated heterocycles. The molecule has 1 aromatic rings. The molecule has 11 heavy (non-hydrogen) atoms. The van der Waals surface area contributed by atoms with E-state index in [9.17, 15) is 5.11 Å². The minimum Gasteiger partial charge on any atom is -0.387 e. The first kappa shape index (κ1) is 8.36. The minimum absolute atomic E-state index is 0.479. The van der Waals surface area contributed by atoms with E-state index in [2.05, 4.69) is 16.2 Å². The van der Waals surface area contributed by atoms with E-state index in [-0.39, 0.29) is 0 Å². The third kappa shape index (κ3) is 2.40. The van der Waals surface area contributed by atoms with Crippen LogP contribution in [0.3, 0.4) is 0 Å². The Labute approximate surface area is 69.5 Å². The molecule has 0 aliphatic carbocycles. The Morgan fingerprint density at radius 1 is 1.91 bits per heavy atom. The Morgan fingerprint density at radius 3 is 3.09 bits per heavy atom. The van der Waals surface area contributed by atoms with Gasteiger partial charge in [-0.3, -0.25) is 0 Å². The molecule has 60 valence electrons. The van der Waals surface area contributed by atoms with Crippen molar-refractivity contribution in [1.29, 1.82) is 0 Å². The summed E-state index contributed by atoms with van der Waals surface area (Å²) in [6.07, 6.45) is 1.69. The van der Waals surface area contributed by atoms with Gasteiger partial charge in [-0.2, -0.15) is 0 Å². The molecule has 0 saturated carbocycles. The van der Waals surface area contributed by atoms with Crippen molar-refractivity contribution in [3.05, 3.63) is 23.2 Å². The van der Waals surface area contributed by atoms with Crippen LogP contribution in [0.25, 0.3) is 0 Å². The van der Waals surface area contributed by atoms with Crippen LogP contribution in [0.2, 0.25) is 0 Å². The van der Waals surface area contributed by atoms with Crippen molar-refractivity contribution in [3.8, 4) is 0 Å². The molecule has 1 unspecified atom stereocenters. The van der Waals surface area contributed by atoms with Gasteiger partial charge in [0, 0.05) is 0 Å². The molecule has 0 amide bonds. The van der Waals surface area contributed by atoms with Gasteiger partial charge in [-0.25, -0.2) is 0 Å². The third-order valence-electron chi connectivity index (χ3n) is 1.25. The fourth-order valence-corrected chi connectivity index (χ4v) is 1.24. The van der Waals surface area contributed by atoms with E-state index in [0.717, 1.165) is 10.5 Å². The first-order chi connectivity index (χ1) is 5.20. The number of aliphatic hydroxyl groups excluding tert-OH is 1. The van der Waals surface area contributed by atoms with Gasteiger partial charge in [-0.05, 0) is 24.9 Å². The van der Waals surface area contributed by atoms with Gasteiger partial charge in [-0.1, -0.05) is 10.1 Å². The zero-order valence-electron chi connectivity index (χ0n) is 6.32. The summed E-state index contributed by atoms with van der Waals surface area (Å²) >= 11 is 1.22. The average Bonchev–Trinajstić information content (AvgIpc) is 2.35. The first-order valence-corrected chi connectivity index (χ1v) is 4.07. The van der Waals surface area contributed by atoms with Crippen LogP contribution < -0.4 is 0 Å². The number of nitrogens with zero attached hydrogens (tertiary/aromatic N) is 2. The van der Waals surface area contributed by atoms with Crippen molar-refractivity contribution in [1.82, 2.24) is 9.59 Å². The molecule has 4 heteroatoms. The van der Waals surface area contributed by atoms with Crippen molar-refractivity contribution < 1.29 is 5.11 Å². The molecule has 1 aromatic heterocycles. The minimum atomic E-state index is -0.479. The van der Waals surface area contributed by atoms with E-state index in [4.69, 9.17) is 0 Å². The van der Waals surface area contributed by atoms with Crippen molar-refractivity contribution in [2.45, 2.75) is 19.4 Å². The second-order valence-corrected chi connectivity index (χ2v) is 3.31. The molecule has 3 nitrogen and oxygen atoms in total. The molecular formula is C7H10N2OS. The van der Waals surface area contributed by atoms with Gasteiger partial charge in [0.2, 0.25) is 0 Å². The monoisotopic (exact) mass is 170 g/mol. The van der Waals surface area contributed by atoms with Gasteiger partial charge in [0.15, 0.2) is 0 Å². The van der Waals surface area contributed by atoms with E-state index >= 15 is 0 Å². The van der Waals surface area contributed by atoms with E-state index in [0.29, 0.717) is 6.42 Å². The van der Waals surface area contributed by atoms with Gasteiger partial charge >= 0.3 is 0 Å². The van der Waals surface area contributed by atoms with Crippen LogP contribution in [0, 0.1) is 0 Å². The Balaban J connectivity index is 2.56. The lowest BCUT2D eigenvalue weighted by molar-refractivity contribution is 0.182. The summed E-state index contributed by atoms with van der Waals surface area (Å²) < 4.78 is 3.65. The molecule has 0 aromatic carbocycles. The quantitative estimate of drug-likeness (QED) is 0.700. The highest BCUT2D eigenvalue weighted by atomic mass is 32.1. The highest BCUT2D eigenvalue weighted by molar-refractivity contribution is 7.05. The highest BCUT2D eigenvalue weighted by Crippen LogP contribution is 2.21. The fourth-order valence-electron chi connectivity index (χ4n) is 0.752. The van der Waals surface area contributed by atoms with Gasteiger partial charge in [0.05, 0.1) is 17.2 Å². The van der Waals surface area contributed by atoms with Crippen molar-refractivity contribution in [2.24, 2.45) is 0 Å². The predicted molar refractivity (Wildman–Crippen MR) is 44.3 cm³/mol. The van der Waals surface area contributed by atoms with E-state index in [1.807, 2.05) is 6.92 Å². The van der Waals surface area contributed by atoms with Crippen molar-refractivity contribution in [2.75, 3.05) is 0 Å². The molecule has 0 bridgehead atoms. The number of rotatable bonds is 3. The van der Waals surface area contributed by atoms with E-state index in [1.165, 1.54) is 11.5 Å². The van der Waals surface area contributed by atoms with Crippen LogP contribution in [-0.4, -0.2) is 14.7 Å². The Hall–Kier alpha value is -0.740. The largest absolute Gasteiger partial charge is 0.387 e. The topological polar surface area (TPSA) is 46.0 Å². The summed E-state index contributed by atoms with van der Waals surface area (Å²) in [5, 5.41) is 13.1. The van der Waals surface area contributed by atoms with Crippen LogP contribution in [0.4, 0.5) is 0 Å². The predicted octanol–water partition coefficient (Wildman–Crippen LogP) is 1.54. The fraction of sp³-hybridized carbons (Fsp3) is 0.429. The maximum absolute atomic E-state index is 9.45. The third-order valence-corrected chi connectivity index (χ3v) is 2.01. The van der Waals surface area contributed by atoms with Gasteiger partial charge in [0.25, 0.3) is 0 Å². The SMILES string of the molecule is C=C(C)CC(O)c1cnns1. The van der Waals surface area contributed by atoms with Gasteiger partial charge < -0.3 is 5.11 Å².